The lowest BCUT2D eigenvalue weighted by molar-refractivity contribution is -0.128. The van der Waals surface area contributed by atoms with Crippen LogP contribution in [-0.2, 0) is 22.7 Å². The fourth-order valence-corrected chi connectivity index (χ4v) is 5.38. The fourth-order valence-electron chi connectivity index (χ4n) is 3.87. The highest BCUT2D eigenvalue weighted by Crippen LogP contribution is 2.42. The van der Waals surface area contributed by atoms with Crippen molar-refractivity contribution in [2.45, 2.75) is 30.2 Å². The van der Waals surface area contributed by atoms with Crippen LogP contribution in [0.25, 0.3) is 0 Å². The van der Waals surface area contributed by atoms with Crippen molar-refractivity contribution in [2.24, 2.45) is 5.92 Å². The third-order valence-electron chi connectivity index (χ3n) is 5.78. The van der Waals surface area contributed by atoms with Gasteiger partial charge in [0.05, 0.1) is 25.3 Å². The van der Waals surface area contributed by atoms with Gasteiger partial charge in [-0.15, -0.1) is 11.8 Å². The number of thioether (sulfide) groups is 1. The predicted molar refractivity (Wildman–Crippen MR) is 133 cm³/mol. The van der Waals surface area contributed by atoms with E-state index in [0.29, 0.717) is 17.9 Å². The molecule has 1 heterocycles. The van der Waals surface area contributed by atoms with Gasteiger partial charge in [-0.05, 0) is 35.9 Å². The lowest BCUT2D eigenvalue weighted by atomic mass is 10.0. The number of anilines is 1. The summed E-state index contributed by atoms with van der Waals surface area (Å²) in [6.07, 6.45) is 0. The van der Waals surface area contributed by atoms with E-state index in [-0.39, 0.29) is 23.4 Å². The van der Waals surface area contributed by atoms with Crippen molar-refractivity contribution in [3.05, 3.63) is 88.7 Å². The number of nitrogens with one attached hydrogen (secondary N) is 1. The highest BCUT2D eigenvalue weighted by Gasteiger charge is 2.39. The van der Waals surface area contributed by atoms with Crippen LogP contribution in [0.15, 0.2) is 71.6 Å². The molecule has 34 heavy (non-hydrogen) atoms. The van der Waals surface area contributed by atoms with Crippen LogP contribution < -0.4 is 15.0 Å². The number of amides is 2. The summed E-state index contributed by atoms with van der Waals surface area (Å²) in [7, 11) is 1.58. The largest absolute Gasteiger partial charge is 0.496 e. The van der Waals surface area contributed by atoms with Gasteiger partial charge in [-0.2, -0.15) is 0 Å². The number of halogens is 2. The van der Waals surface area contributed by atoms with E-state index in [2.05, 4.69) is 5.32 Å². The quantitative estimate of drug-likeness (QED) is 0.470. The number of nitrogens with zero attached hydrogens (tertiary/aromatic N) is 1. The summed E-state index contributed by atoms with van der Waals surface area (Å²) in [5, 5.41) is 2.56. The van der Waals surface area contributed by atoms with Gasteiger partial charge in [0.15, 0.2) is 0 Å². The Bertz CT molecular complexity index is 1220. The summed E-state index contributed by atoms with van der Waals surface area (Å²) in [4.78, 5) is 29.1. The molecule has 4 rings (SSSR count). The molecule has 2 atom stereocenters. The molecule has 0 saturated heterocycles. The molecule has 1 aliphatic rings. The van der Waals surface area contributed by atoms with E-state index in [0.717, 1.165) is 16.1 Å². The standard InChI is InChI=1S/C26H24ClFN2O3S/c1-16(25(31)29-14-17-7-3-5-9-22(17)33-2)24-26(32)30(21-8-4-6-10-23(21)34-24)15-18-11-12-19(28)13-20(18)27/h3-13,16,24H,14-15H2,1-2H3,(H,29,31)/t16-,24+/m1/s1. The average molecular weight is 499 g/mol. The van der Waals surface area contributed by atoms with E-state index < -0.39 is 17.0 Å². The number of carbonyl (C=O) groups excluding carboxylic acids is 2. The first-order chi connectivity index (χ1) is 16.4. The molecule has 0 fully saturated rings. The van der Waals surface area contributed by atoms with Crippen molar-refractivity contribution >= 4 is 40.9 Å². The van der Waals surface area contributed by atoms with Gasteiger partial charge in [0.2, 0.25) is 11.8 Å². The van der Waals surface area contributed by atoms with Gasteiger partial charge in [-0.25, -0.2) is 4.39 Å². The fraction of sp³-hybridized carbons (Fsp3) is 0.231. The number of benzene rings is 3. The Morgan fingerprint density at radius 2 is 1.88 bits per heavy atom. The second-order valence-corrected chi connectivity index (χ2v) is 9.58. The molecular formula is C26H24ClFN2O3S. The first-order valence-corrected chi connectivity index (χ1v) is 12.1. The summed E-state index contributed by atoms with van der Waals surface area (Å²) in [6.45, 7) is 2.23. The normalized spacial score (nSPS) is 16.1. The smallest absolute Gasteiger partial charge is 0.241 e. The summed E-state index contributed by atoms with van der Waals surface area (Å²) in [5.41, 5.74) is 2.23. The number of hydrogen-bond acceptors (Lipinski definition) is 4. The van der Waals surface area contributed by atoms with Crippen molar-refractivity contribution in [1.29, 1.82) is 0 Å². The first-order valence-electron chi connectivity index (χ1n) is 10.8. The summed E-state index contributed by atoms with van der Waals surface area (Å²) >= 11 is 7.62. The molecule has 2 amide bonds. The molecule has 0 bridgehead atoms. The third-order valence-corrected chi connectivity index (χ3v) is 7.59. The van der Waals surface area contributed by atoms with Gasteiger partial charge in [-0.3, -0.25) is 9.59 Å². The second-order valence-electron chi connectivity index (χ2n) is 7.98. The van der Waals surface area contributed by atoms with E-state index in [1.807, 2.05) is 48.5 Å². The molecule has 0 aromatic heterocycles. The summed E-state index contributed by atoms with van der Waals surface area (Å²) in [6, 6.07) is 19.1. The van der Waals surface area contributed by atoms with Crippen LogP contribution in [0.5, 0.6) is 5.75 Å². The molecule has 0 aliphatic carbocycles. The highest BCUT2D eigenvalue weighted by atomic mass is 35.5. The minimum absolute atomic E-state index is 0.182. The maximum atomic E-state index is 13.6. The minimum Gasteiger partial charge on any atom is -0.496 e. The number of carbonyl (C=O) groups is 2. The van der Waals surface area contributed by atoms with Gasteiger partial charge >= 0.3 is 0 Å². The zero-order valence-corrected chi connectivity index (χ0v) is 20.3. The number of ether oxygens (including phenoxy) is 1. The van der Waals surface area contributed by atoms with Crippen LogP contribution in [0, 0.1) is 11.7 Å². The highest BCUT2D eigenvalue weighted by molar-refractivity contribution is 8.01. The van der Waals surface area contributed by atoms with Crippen molar-refractivity contribution < 1.29 is 18.7 Å². The molecule has 8 heteroatoms. The van der Waals surface area contributed by atoms with E-state index in [1.54, 1.807) is 25.0 Å². The Labute approximate surface area is 207 Å². The molecule has 1 aliphatic heterocycles. The van der Waals surface area contributed by atoms with E-state index in [9.17, 15) is 14.0 Å². The van der Waals surface area contributed by atoms with Crippen LogP contribution in [0.2, 0.25) is 5.02 Å². The molecule has 1 N–H and O–H groups in total. The Morgan fingerprint density at radius 3 is 2.65 bits per heavy atom. The predicted octanol–water partition coefficient (Wildman–Crippen LogP) is 5.45. The maximum absolute atomic E-state index is 13.6. The number of fused-ring (bicyclic) bond motifs is 1. The second kappa shape index (κ2) is 10.5. The lowest BCUT2D eigenvalue weighted by Gasteiger charge is -2.36. The van der Waals surface area contributed by atoms with Gasteiger partial charge in [0.1, 0.15) is 16.8 Å². The SMILES string of the molecule is COc1ccccc1CNC(=O)[C@H](C)[C@@H]1Sc2ccccc2N(Cc2ccc(F)cc2Cl)C1=O. The van der Waals surface area contributed by atoms with Gasteiger partial charge in [0.25, 0.3) is 0 Å². The minimum atomic E-state index is -0.619. The lowest BCUT2D eigenvalue weighted by Crippen LogP contribution is -2.47. The molecule has 3 aromatic rings. The van der Waals surface area contributed by atoms with Crippen LogP contribution in [-0.4, -0.2) is 24.2 Å². The molecule has 176 valence electrons. The van der Waals surface area contributed by atoms with E-state index in [1.165, 1.54) is 23.9 Å². The van der Waals surface area contributed by atoms with Gasteiger partial charge < -0.3 is 15.0 Å². The van der Waals surface area contributed by atoms with Crippen molar-refractivity contribution in [3.8, 4) is 5.75 Å². The number of methoxy groups -OCH3 is 1. The molecule has 0 saturated carbocycles. The Kier molecular flexibility index (Phi) is 7.44. The Morgan fingerprint density at radius 1 is 1.15 bits per heavy atom. The molecule has 3 aromatic carbocycles. The monoisotopic (exact) mass is 498 g/mol. The summed E-state index contributed by atoms with van der Waals surface area (Å²) < 4.78 is 18.9. The summed E-state index contributed by atoms with van der Waals surface area (Å²) in [5.74, 6) is -0.755. The first kappa shape index (κ1) is 24.1. The van der Waals surface area contributed by atoms with Crippen LogP contribution in [0.4, 0.5) is 10.1 Å². The maximum Gasteiger partial charge on any atom is 0.241 e. The average Bonchev–Trinajstić information content (AvgIpc) is 2.85. The Hall–Kier alpha value is -3.03. The van der Waals surface area contributed by atoms with Crippen molar-refractivity contribution in [2.75, 3.05) is 12.0 Å². The van der Waals surface area contributed by atoms with Gasteiger partial charge in [0, 0.05) is 22.0 Å². The van der Waals surface area contributed by atoms with E-state index in [4.69, 9.17) is 16.3 Å². The molecule has 0 radical (unpaired) electrons. The Balaban J connectivity index is 1.54. The van der Waals surface area contributed by atoms with Crippen molar-refractivity contribution in [3.63, 3.8) is 0 Å². The van der Waals surface area contributed by atoms with Crippen LogP contribution >= 0.6 is 23.4 Å². The van der Waals surface area contributed by atoms with Crippen LogP contribution in [0.1, 0.15) is 18.1 Å². The molecular weight excluding hydrogens is 475 g/mol. The third kappa shape index (κ3) is 5.05. The number of hydrogen-bond donors (Lipinski definition) is 1. The number of rotatable bonds is 7. The molecule has 0 unspecified atom stereocenters. The van der Waals surface area contributed by atoms with Crippen LogP contribution in [0.3, 0.4) is 0 Å². The topological polar surface area (TPSA) is 58.6 Å². The zero-order chi connectivity index (χ0) is 24.2. The number of para-hydroxylation sites is 2. The zero-order valence-electron chi connectivity index (χ0n) is 18.8. The van der Waals surface area contributed by atoms with Crippen molar-refractivity contribution in [1.82, 2.24) is 5.32 Å². The van der Waals surface area contributed by atoms with Gasteiger partial charge in [-0.1, -0.05) is 54.9 Å². The van der Waals surface area contributed by atoms with E-state index >= 15 is 0 Å². The molecule has 0 spiro atoms. The molecule has 5 nitrogen and oxygen atoms in total.